The van der Waals surface area contributed by atoms with Gasteiger partial charge in [0.25, 0.3) is 15.9 Å². The molecule has 9 nitrogen and oxygen atoms in total. The highest BCUT2D eigenvalue weighted by Crippen LogP contribution is 2.33. The highest BCUT2D eigenvalue weighted by atomic mass is 32.2. The minimum atomic E-state index is -4.62. The number of amides is 1. The molecule has 0 spiro atoms. The minimum absolute atomic E-state index is 0.00755. The third-order valence-corrected chi connectivity index (χ3v) is 7.73. The van der Waals surface area contributed by atoms with Crippen LogP contribution in [0.5, 0.6) is 11.5 Å². The minimum Gasteiger partial charge on any atom is -0.497 e. The Labute approximate surface area is 199 Å². The maximum Gasteiger partial charge on any atom is 0.327 e. The van der Waals surface area contributed by atoms with Crippen LogP contribution >= 0.6 is 0 Å². The molecule has 1 heterocycles. The molecule has 0 unspecified atom stereocenters. The molecule has 1 amide bonds. The van der Waals surface area contributed by atoms with Crippen molar-refractivity contribution < 1.29 is 32.6 Å². The summed E-state index contributed by atoms with van der Waals surface area (Å²) in [6.07, 6.45) is 1.32. The molecule has 2 aromatic rings. The van der Waals surface area contributed by atoms with E-state index in [-0.39, 0.29) is 29.2 Å². The SMILES string of the molecule is CCCC[C@@H](C(=O)O)N(C(=O)[C@@H]1Cc2ccccc2CN1)S(=O)(=O)c1cc(OC)ccc1OC. The molecule has 0 bridgehead atoms. The van der Waals surface area contributed by atoms with Gasteiger partial charge < -0.3 is 19.9 Å². The molecule has 0 aliphatic carbocycles. The van der Waals surface area contributed by atoms with Gasteiger partial charge in [-0.25, -0.2) is 17.5 Å². The normalized spacial score (nSPS) is 16.3. The highest BCUT2D eigenvalue weighted by molar-refractivity contribution is 7.89. The second kappa shape index (κ2) is 10.9. The van der Waals surface area contributed by atoms with Crippen molar-refractivity contribution in [1.82, 2.24) is 9.62 Å². The van der Waals surface area contributed by atoms with Gasteiger partial charge in [0, 0.05) is 12.6 Å². The molecule has 0 radical (unpaired) electrons. The van der Waals surface area contributed by atoms with Crippen molar-refractivity contribution in [2.75, 3.05) is 14.2 Å². The third kappa shape index (κ3) is 5.18. The van der Waals surface area contributed by atoms with E-state index in [2.05, 4.69) is 5.32 Å². The summed E-state index contributed by atoms with van der Waals surface area (Å²) >= 11 is 0. The average molecular weight is 491 g/mol. The summed E-state index contributed by atoms with van der Waals surface area (Å²) in [6.45, 7) is 2.24. The fourth-order valence-electron chi connectivity index (χ4n) is 4.05. The number of carbonyl (C=O) groups is 2. The van der Waals surface area contributed by atoms with Crippen LogP contribution in [0.2, 0.25) is 0 Å². The van der Waals surface area contributed by atoms with E-state index in [1.165, 1.54) is 32.4 Å². The lowest BCUT2D eigenvalue weighted by atomic mass is 9.95. The summed E-state index contributed by atoms with van der Waals surface area (Å²) in [4.78, 5) is 25.7. The van der Waals surface area contributed by atoms with Crippen molar-refractivity contribution in [3.05, 3.63) is 53.6 Å². The Balaban J connectivity index is 2.10. The van der Waals surface area contributed by atoms with Crippen LogP contribution in [0.3, 0.4) is 0 Å². The highest BCUT2D eigenvalue weighted by Gasteiger charge is 2.44. The van der Waals surface area contributed by atoms with E-state index >= 15 is 0 Å². The number of fused-ring (bicyclic) bond motifs is 1. The second-order valence-corrected chi connectivity index (χ2v) is 9.84. The first-order chi connectivity index (χ1) is 16.2. The zero-order valence-electron chi connectivity index (χ0n) is 19.5. The van der Waals surface area contributed by atoms with Gasteiger partial charge in [-0.15, -0.1) is 0 Å². The molecule has 1 aliphatic rings. The molecular formula is C24H30N2O7S. The number of carboxylic acids is 1. The van der Waals surface area contributed by atoms with Gasteiger partial charge in [0.2, 0.25) is 0 Å². The van der Waals surface area contributed by atoms with E-state index in [1.54, 1.807) is 0 Å². The van der Waals surface area contributed by atoms with E-state index in [9.17, 15) is 23.1 Å². The van der Waals surface area contributed by atoms with Crippen LogP contribution in [-0.4, -0.2) is 56.0 Å². The monoisotopic (exact) mass is 490 g/mol. The molecule has 0 aromatic heterocycles. The van der Waals surface area contributed by atoms with Gasteiger partial charge in [-0.05, 0) is 36.1 Å². The molecule has 2 N–H and O–H groups in total. The molecule has 2 atom stereocenters. The predicted molar refractivity (Wildman–Crippen MR) is 125 cm³/mol. The Morgan fingerprint density at radius 2 is 1.85 bits per heavy atom. The summed E-state index contributed by atoms with van der Waals surface area (Å²) in [6, 6.07) is 9.25. The molecule has 0 saturated carbocycles. The third-order valence-electron chi connectivity index (χ3n) is 5.90. The Morgan fingerprint density at radius 1 is 1.15 bits per heavy atom. The van der Waals surface area contributed by atoms with Crippen LogP contribution in [-0.2, 0) is 32.6 Å². The van der Waals surface area contributed by atoms with E-state index < -0.39 is 34.0 Å². The van der Waals surface area contributed by atoms with Crippen molar-refractivity contribution >= 4 is 21.9 Å². The van der Waals surface area contributed by atoms with Gasteiger partial charge in [0.15, 0.2) is 0 Å². The number of sulfonamides is 1. The summed E-state index contributed by atoms with van der Waals surface area (Å²) in [5, 5.41) is 13.1. The molecule has 0 saturated heterocycles. The maximum atomic E-state index is 13.9. The Hall–Kier alpha value is -3.11. The van der Waals surface area contributed by atoms with Crippen molar-refractivity contribution in [1.29, 1.82) is 0 Å². The van der Waals surface area contributed by atoms with Crippen LogP contribution in [0.1, 0.15) is 37.3 Å². The molecule has 0 fully saturated rings. The van der Waals surface area contributed by atoms with Gasteiger partial charge in [0.1, 0.15) is 22.4 Å². The quantitative estimate of drug-likeness (QED) is 0.521. The number of hydrogen-bond acceptors (Lipinski definition) is 7. The number of aliphatic carboxylic acids is 1. The number of nitrogens with one attached hydrogen (secondary N) is 1. The summed E-state index contributed by atoms with van der Waals surface area (Å²) in [5.74, 6) is -1.98. The van der Waals surface area contributed by atoms with Crippen molar-refractivity contribution in [2.45, 2.75) is 56.1 Å². The topological polar surface area (TPSA) is 122 Å². The largest absolute Gasteiger partial charge is 0.497 e. The molecule has 2 aromatic carbocycles. The van der Waals surface area contributed by atoms with Crippen LogP contribution in [0, 0.1) is 0 Å². The molecule has 3 rings (SSSR count). The summed E-state index contributed by atoms with van der Waals surface area (Å²) < 4.78 is 38.7. The Bertz CT molecular complexity index is 1150. The van der Waals surface area contributed by atoms with Crippen LogP contribution in [0.15, 0.2) is 47.4 Å². The zero-order chi connectivity index (χ0) is 24.9. The summed E-state index contributed by atoms with van der Waals surface area (Å²) in [5.41, 5.74) is 1.92. The van der Waals surface area contributed by atoms with E-state index in [4.69, 9.17) is 9.47 Å². The molecular weight excluding hydrogens is 460 g/mol. The first kappa shape index (κ1) is 25.5. The number of unbranched alkanes of at least 4 members (excludes halogenated alkanes) is 1. The number of benzene rings is 2. The van der Waals surface area contributed by atoms with Gasteiger partial charge in [-0.2, -0.15) is 0 Å². The van der Waals surface area contributed by atoms with Crippen molar-refractivity contribution in [3.8, 4) is 11.5 Å². The average Bonchev–Trinajstić information content (AvgIpc) is 2.85. The van der Waals surface area contributed by atoms with E-state index in [0.29, 0.717) is 23.7 Å². The number of carboxylic acid groups (broad SMARTS) is 1. The van der Waals surface area contributed by atoms with Gasteiger partial charge >= 0.3 is 5.97 Å². The zero-order valence-corrected chi connectivity index (χ0v) is 20.3. The smallest absolute Gasteiger partial charge is 0.327 e. The maximum absolute atomic E-state index is 13.9. The molecule has 1 aliphatic heterocycles. The standard InChI is InChI=1S/C24H30N2O7S/c1-4-5-10-20(24(28)29)26(23(27)19-13-16-8-6-7-9-17(16)15-25-19)34(30,31)22-14-18(32-2)11-12-21(22)33-3/h6-9,11-12,14,19-20,25H,4-5,10,13,15H2,1-3H3,(H,28,29)/t19-,20-/m0/s1. The number of carbonyl (C=O) groups excluding carboxylic acids is 1. The lowest BCUT2D eigenvalue weighted by Crippen LogP contribution is -2.56. The molecule has 184 valence electrons. The predicted octanol–water partition coefficient (Wildman–Crippen LogP) is 2.58. The number of hydrogen-bond donors (Lipinski definition) is 2. The number of ether oxygens (including phenoxy) is 2. The first-order valence-electron chi connectivity index (χ1n) is 11.1. The van der Waals surface area contributed by atoms with Gasteiger partial charge in [0.05, 0.1) is 20.3 Å². The lowest BCUT2D eigenvalue weighted by Gasteiger charge is -2.34. The Morgan fingerprint density at radius 3 is 2.47 bits per heavy atom. The van der Waals surface area contributed by atoms with E-state index in [0.717, 1.165) is 11.1 Å². The number of methoxy groups -OCH3 is 2. The van der Waals surface area contributed by atoms with Gasteiger partial charge in [-0.3, -0.25) is 4.79 Å². The lowest BCUT2D eigenvalue weighted by molar-refractivity contribution is -0.147. The fourth-order valence-corrected chi connectivity index (χ4v) is 5.83. The molecule has 10 heteroatoms. The van der Waals surface area contributed by atoms with Crippen molar-refractivity contribution in [3.63, 3.8) is 0 Å². The van der Waals surface area contributed by atoms with Crippen molar-refractivity contribution in [2.24, 2.45) is 0 Å². The molecule has 34 heavy (non-hydrogen) atoms. The van der Waals surface area contributed by atoms with E-state index in [1.807, 2.05) is 31.2 Å². The van der Waals surface area contributed by atoms with Crippen LogP contribution in [0.25, 0.3) is 0 Å². The Kier molecular flexibility index (Phi) is 8.16. The van der Waals surface area contributed by atoms with Gasteiger partial charge in [-0.1, -0.05) is 44.0 Å². The number of rotatable bonds is 10. The second-order valence-electron chi connectivity index (χ2n) is 8.06. The van der Waals surface area contributed by atoms with Crippen LogP contribution < -0.4 is 14.8 Å². The van der Waals surface area contributed by atoms with Crippen LogP contribution in [0.4, 0.5) is 0 Å². The number of nitrogens with zero attached hydrogens (tertiary/aromatic N) is 1. The first-order valence-corrected chi connectivity index (χ1v) is 12.5. The fraction of sp³-hybridized carbons (Fsp3) is 0.417. The summed E-state index contributed by atoms with van der Waals surface area (Å²) in [7, 11) is -1.93.